The van der Waals surface area contributed by atoms with Crippen molar-refractivity contribution in [3.63, 3.8) is 0 Å². The number of hydrogen-bond acceptors (Lipinski definition) is 3. The third-order valence-electron chi connectivity index (χ3n) is 4.76. The summed E-state index contributed by atoms with van der Waals surface area (Å²) in [6.45, 7) is 5.84. The molecular formula is C26H23N3O2. The minimum atomic E-state index is -0.483. The monoisotopic (exact) mass is 409 g/mol. The molecule has 0 heterocycles. The van der Waals surface area contributed by atoms with Gasteiger partial charge in [0.15, 0.2) is 0 Å². The van der Waals surface area contributed by atoms with Gasteiger partial charge in [0.05, 0.1) is 0 Å². The summed E-state index contributed by atoms with van der Waals surface area (Å²) in [7, 11) is 0. The zero-order valence-corrected chi connectivity index (χ0v) is 17.7. The van der Waals surface area contributed by atoms with Gasteiger partial charge in [0, 0.05) is 16.9 Å². The predicted octanol–water partition coefficient (Wildman–Crippen LogP) is 5.41. The predicted molar refractivity (Wildman–Crippen MR) is 124 cm³/mol. The zero-order valence-electron chi connectivity index (χ0n) is 17.7. The van der Waals surface area contributed by atoms with E-state index in [0.717, 1.165) is 16.7 Å². The number of hydrogen-bond donors (Lipinski definition) is 2. The summed E-state index contributed by atoms with van der Waals surface area (Å²) in [6, 6.07) is 21.9. The Morgan fingerprint density at radius 2 is 1.58 bits per heavy atom. The van der Waals surface area contributed by atoms with Crippen LogP contribution in [0.5, 0.6) is 0 Å². The van der Waals surface area contributed by atoms with Crippen molar-refractivity contribution in [2.75, 3.05) is 10.6 Å². The number of nitrogens with one attached hydrogen (secondary N) is 2. The molecule has 0 radical (unpaired) electrons. The first-order valence-corrected chi connectivity index (χ1v) is 9.84. The Hall–Kier alpha value is -4.17. The summed E-state index contributed by atoms with van der Waals surface area (Å²) in [5, 5.41) is 15.1. The quantitative estimate of drug-likeness (QED) is 0.437. The SMILES string of the molecule is Cc1ccc(C(=O)Nc2cccc(/C=C(\C#N)C(=O)Nc3ccc(C)cc3C)c2)cc1. The summed E-state index contributed by atoms with van der Waals surface area (Å²) in [5.41, 5.74) is 5.49. The van der Waals surface area contributed by atoms with E-state index in [1.54, 1.807) is 36.4 Å². The van der Waals surface area contributed by atoms with Crippen molar-refractivity contribution in [2.45, 2.75) is 20.8 Å². The van der Waals surface area contributed by atoms with Crippen LogP contribution in [0.2, 0.25) is 0 Å². The minimum absolute atomic E-state index is 0.0259. The Balaban J connectivity index is 1.76. The van der Waals surface area contributed by atoms with Gasteiger partial charge in [0.1, 0.15) is 11.6 Å². The van der Waals surface area contributed by atoms with Crippen molar-refractivity contribution in [2.24, 2.45) is 0 Å². The van der Waals surface area contributed by atoms with Gasteiger partial charge in [0.2, 0.25) is 0 Å². The fourth-order valence-corrected chi connectivity index (χ4v) is 3.07. The summed E-state index contributed by atoms with van der Waals surface area (Å²) in [6.07, 6.45) is 1.50. The van der Waals surface area contributed by atoms with Gasteiger partial charge in [-0.25, -0.2) is 0 Å². The van der Waals surface area contributed by atoms with E-state index in [0.29, 0.717) is 22.5 Å². The Kier molecular flexibility index (Phi) is 6.64. The highest BCUT2D eigenvalue weighted by Gasteiger charge is 2.12. The van der Waals surface area contributed by atoms with E-state index in [1.165, 1.54) is 6.08 Å². The largest absolute Gasteiger partial charge is 0.322 e. The lowest BCUT2D eigenvalue weighted by Crippen LogP contribution is -2.14. The summed E-state index contributed by atoms with van der Waals surface area (Å²) in [4.78, 5) is 25.0. The molecule has 0 saturated heterocycles. The zero-order chi connectivity index (χ0) is 22.4. The molecule has 31 heavy (non-hydrogen) atoms. The molecular weight excluding hydrogens is 386 g/mol. The molecule has 3 aromatic rings. The Labute approximate surface area is 182 Å². The molecule has 0 aliphatic carbocycles. The third-order valence-corrected chi connectivity index (χ3v) is 4.76. The van der Waals surface area contributed by atoms with Gasteiger partial charge in [-0.1, -0.05) is 47.5 Å². The van der Waals surface area contributed by atoms with Crippen molar-refractivity contribution in [3.8, 4) is 6.07 Å². The molecule has 0 saturated carbocycles. The van der Waals surface area contributed by atoms with Gasteiger partial charge in [-0.05, 0) is 68.3 Å². The lowest BCUT2D eigenvalue weighted by Gasteiger charge is -2.09. The standard InChI is InChI=1S/C26H23N3O2/c1-17-7-10-21(11-8-17)25(30)28-23-6-4-5-20(15-23)14-22(16-27)26(31)29-24-12-9-18(2)13-19(24)3/h4-15H,1-3H3,(H,28,30)(H,29,31)/b22-14+. The smallest absolute Gasteiger partial charge is 0.266 e. The topological polar surface area (TPSA) is 82.0 Å². The molecule has 0 spiro atoms. The highest BCUT2D eigenvalue weighted by molar-refractivity contribution is 6.10. The second-order valence-corrected chi connectivity index (χ2v) is 7.39. The van der Waals surface area contributed by atoms with Crippen molar-refractivity contribution < 1.29 is 9.59 Å². The minimum Gasteiger partial charge on any atom is -0.322 e. The summed E-state index contributed by atoms with van der Waals surface area (Å²) >= 11 is 0. The first-order valence-electron chi connectivity index (χ1n) is 9.84. The number of carbonyl (C=O) groups is 2. The van der Waals surface area contributed by atoms with E-state index in [-0.39, 0.29) is 11.5 Å². The molecule has 2 amide bonds. The maximum atomic E-state index is 12.6. The number of carbonyl (C=O) groups excluding carboxylic acids is 2. The van der Waals surface area contributed by atoms with Crippen LogP contribution >= 0.6 is 0 Å². The average Bonchev–Trinajstić information content (AvgIpc) is 2.74. The van der Waals surface area contributed by atoms with Crippen molar-refractivity contribution >= 4 is 29.3 Å². The molecule has 3 aromatic carbocycles. The van der Waals surface area contributed by atoms with Crippen LogP contribution in [0.15, 0.2) is 72.3 Å². The lowest BCUT2D eigenvalue weighted by atomic mass is 10.1. The van der Waals surface area contributed by atoms with E-state index < -0.39 is 5.91 Å². The Bertz CT molecular complexity index is 1200. The molecule has 0 fully saturated rings. The van der Waals surface area contributed by atoms with Crippen molar-refractivity contribution in [1.29, 1.82) is 5.26 Å². The van der Waals surface area contributed by atoms with Crippen LogP contribution in [-0.4, -0.2) is 11.8 Å². The number of nitriles is 1. The number of rotatable bonds is 5. The fourth-order valence-electron chi connectivity index (χ4n) is 3.07. The van der Waals surface area contributed by atoms with Crippen LogP contribution in [0.3, 0.4) is 0 Å². The van der Waals surface area contributed by atoms with Crippen molar-refractivity contribution in [1.82, 2.24) is 0 Å². The van der Waals surface area contributed by atoms with E-state index in [4.69, 9.17) is 0 Å². The second-order valence-electron chi connectivity index (χ2n) is 7.39. The molecule has 0 unspecified atom stereocenters. The number of anilines is 2. The number of nitrogens with zero attached hydrogens (tertiary/aromatic N) is 1. The second kappa shape index (κ2) is 9.55. The molecule has 0 aromatic heterocycles. The van der Waals surface area contributed by atoms with Gasteiger partial charge >= 0.3 is 0 Å². The number of amides is 2. The first kappa shape index (κ1) is 21.5. The molecule has 154 valence electrons. The fraction of sp³-hybridized carbons (Fsp3) is 0.115. The highest BCUT2D eigenvalue weighted by atomic mass is 16.2. The maximum absolute atomic E-state index is 12.6. The lowest BCUT2D eigenvalue weighted by molar-refractivity contribution is -0.112. The van der Waals surface area contributed by atoms with Gasteiger partial charge in [-0.3, -0.25) is 9.59 Å². The van der Waals surface area contributed by atoms with Gasteiger partial charge in [-0.2, -0.15) is 5.26 Å². The van der Waals surface area contributed by atoms with Crippen molar-refractivity contribution in [3.05, 3.63) is 100 Å². The van der Waals surface area contributed by atoms with Crippen LogP contribution in [-0.2, 0) is 4.79 Å². The summed E-state index contributed by atoms with van der Waals surface area (Å²) in [5.74, 6) is -0.710. The van der Waals surface area contributed by atoms with E-state index in [9.17, 15) is 14.9 Å². The highest BCUT2D eigenvalue weighted by Crippen LogP contribution is 2.19. The summed E-state index contributed by atoms with van der Waals surface area (Å²) < 4.78 is 0. The molecule has 0 bridgehead atoms. The van der Waals surface area contributed by atoms with Crippen LogP contribution in [0.1, 0.15) is 32.6 Å². The first-order chi connectivity index (χ1) is 14.9. The average molecular weight is 409 g/mol. The van der Waals surface area contributed by atoms with Crippen LogP contribution in [0.4, 0.5) is 11.4 Å². The van der Waals surface area contributed by atoms with Gasteiger partial charge in [-0.15, -0.1) is 0 Å². The van der Waals surface area contributed by atoms with Crippen LogP contribution in [0.25, 0.3) is 6.08 Å². The van der Waals surface area contributed by atoms with E-state index in [2.05, 4.69) is 10.6 Å². The third kappa shape index (κ3) is 5.68. The molecule has 5 nitrogen and oxygen atoms in total. The van der Waals surface area contributed by atoms with Gasteiger partial charge < -0.3 is 10.6 Å². The van der Waals surface area contributed by atoms with Crippen LogP contribution in [0, 0.1) is 32.1 Å². The van der Waals surface area contributed by atoms with E-state index in [1.807, 2.05) is 57.2 Å². The normalized spacial score (nSPS) is 10.8. The maximum Gasteiger partial charge on any atom is 0.266 e. The van der Waals surface area contributed by atoms with E-state index >= 15 is 0 Å². The van der Waals surface area contributed by atoms with Gasteiger partial charge in [0.25, 0.3) is 11.8 Å². The number of aryl methyl sites for hydroxylation is 3. The van der Waals surface area contributed by atoms with Crippen LogP contribution < -0.4 is 10.6 Å². The Morgan fingerprint density at radius 1 is 0.871 bits per heavy atom. The molecule has 0 atom stereocenters. The molecule has 2 N–H and O–H groups in total. The number of benzene rings is 3. The molecule has 3 rings (SSSR count). The molecule has 0 aliphatic rings. The Morgan fingerprint density at radius 3 is 2.26 bits per heavy atom. The molecule has 0 aliphatic heterocycles. The molecule has 5 heteroatoms.